The van der Waals surface area contributed by atoms with E-state index in [1.807, 2.05) is 12.1 Å². The SMILES string of the molecule is CC(=O)Nc1cccc(OCCNC(=O)CC(C)C2CCCNC2)c1.Cl. The average Bonchev–Trinajstić information content (AvgIpc) is 2.59. The normalized spacial score (nSPS) is 17.5. The topological polar surface area (TPSA) is 79.5 Å². The van der Waals surface area contributed by atoms with Gasteiger partial charge in [0.1, 0.15) is 12.4 Å². The second-order valence-electron chi connectivity index (χ2n) is 6.70. The first kappa shape index (κ1) is 22.3. The minimum Gasteiger partial charge on any atom is -0.492 e. The maximum absolute atomic E-state index is 12.0. The zero-order valence-corrected chi connectivity index (χ0v) is 16.4. The zero-order chi connectivity index (χ0) is 18.1. The number of carbonyl (C=O) groups excluding carboxylic acids is 2. The molecule has 6 nitrogen and oxygen atoms in total. The van der Waals surface area contributed by atoms with Crippen LogP contribution < -0.4 is 20.7 Å². The quantitative estimate of drug-likeness (QED) is 0.603. The van der Waals surface area contributed by atoms with Crippen molar-refractivity contribution >= 4 is 29.9 Å². The molecule has 3 N–H and O–H groups in total. The minimum atomic E-state index is -0.119. The number of anilines is 1. The third kappa shape index (κ3) is 8.06. The summed E-state index contributed by atoms with van der Waals surface area (Å²) in [5.41, 5.74) is 0.698. The lowest BCUT2D eigenvalue weighted by atomic mass is 9.85. The van der Waals surface area contributed by atoms with Crippen molar-refractivity contribution in [3.8, 4) is 5.75 Å². The Morgan fingerprint density at radius 2 is 2.19 bits per heavy atom. The molecule has 1 heterocycles. The largest absolute Gasteiger partial charge is 0.492 e. The summed E-state index contributed by atoms with van der Waals surface area (Å²) >= 11 is 0. The van der Waals surface area contributed by atoms with E-state index in [-0.39, 0.29) is 24.2 Å². The van der Waals surface area contributed by atoms with Crippen molar-refractivity contribution in [3.63, 3.8) is 0 Å². The van der Waals surface area contributed by atoms with Crippen LogP contribution in [-0.4, -0.2) is 38.1 Å². The Kier molecular flexibility index (Phi) is 10.1. The van der Waals surface area contributed by atoms with Gasteiger partial charge in [-0.3, -0.25) is 9.59 Å². The van der Waals surface area contributed by atoms with Crippen molar-refractivity contribution in [1.82, 2.24) is 10.6 Å². The van der Waals surface area contributed by atoms with Crippen LogP contribution in [0.25, 0.3) is 0 Å². The Morgan fingerprint density at radius 3 is 2.88 bits per heavy atom. The number of ether oxygens (including phenoxy) is 1. The van der Waals surface area contributed by atoms with E-state index in [4.69, 9.17) is 4.74 Å². The molecule has 1 saturated heterocycles. The summed E-state index contributed by atoms with van der Waals surface area (Å²) in [6, 6.07) is 7.21. The van der Waals surface area contributed by atoms with Crippen LogP contribution in [0.4, 0.5) is 5.69 Å². The van der Waals surface area contributed by atoms with E-state index in [1.165, 1.54) is 19.8 Å². The summed E-state index contributed by atoms with van der Waals surface area (Å²) in [6.45, 7) is 6.60. The highest BCUT2D eigenvalue weighted by atomic mass is 35.5. The number of rotatable bonds is 8. The number of nitrogens with one attached hydrogen (secondary N) is 3. The molecule has 2 unspecified atom stereocenters. The van der Waals surface area contributed by atoms with Gasteiger partial charge in [-0.2, -0.15) is 0 Å². The molecule has 146 valence electrons. The molecule has 0 saturated carbocycles. The second kappa shape index (κ2) is 11.8. The monoisotopic (exact) mass is 383 g/mol. The van der Waals surface area contributed by atoms with Gasteiger partial charge in [0, 0.05) is 25.1 Å². The first-order chi connectivity index (χ1) is 12.0. The van der Waals surface area contributed by atoms with Gasteiger partial charge in [-0.15, -0.1) is 12.4 Å². The van der Waals surface area contributed by atoms with Crippen molar-refractivity contribution in [2.75, 3.05) is 31.6 Å². The van der Waals surface area contributed by atoms with Crippen molar-refractivity contribution in [3.05, 3.63) is 24.3 Å². The lowest BCUT2D eigenvalue weighted by Crippen LogP contribution is -2.36. The molecular weight excluding hydrogens is 354 g/mol. The lowest BCUT2D eigenvalue weighted by molar-refractivity contribution is -0.122. The maximum atomic E-state index is 12.0. The molecule has 7 heteroatoms. The Labute approximate surface area is 161 Å². The third-order valence-corrected chi connectivity index (χ3v) is 4.49. The van der Waals surface area contributed by atoms with Gasteiger partial charge in [-0.05, 0) is 49.9 Å². The van der Waals surface area contributed by atoms with E-state index in [2.05, 4.69) is 22.9 Å². The van der Waals surface area contributed by atoms with Crippen LogP contribution in [0.2, 0.25) is 0 Å². The van der Waals surface area contributed by atoms with Crippen LogP contribution in [0, 0.1) is 11.8 Å². The maximum Gasteiger partial charge on any atom is 0.221 e. The zero-order valence-electron chi connectivity index (χ0n) is 15.5. The summed E-state index contributed by atoms with van der Waals surface area (Å²) in [5, 5.41) is 9.03. The summed E-state index contributed by atoms with van der Waals surface area (Å²) in [7, 11) is 0. The molecule has 1 aliphatic rings. The molecule has 0 aliphatic carbocycles. The number of piperidine rings is 1. The molecule has 1 aliphatic heterocycles. The minimum absolute atomic E-state index is 0. The van der Waals surface area contributed by atoms with Gasteiger partial charge in [-0.25, -0.2) is 0 Å². The molecule has 0 radical (unpaired) electrons. The molecule has 2 amide bonds. The molecule has 0 spiro atoms. The van der Waals surface area contributed by atoms with Gasteiger partial charge in [-0.1, -0.05) is 13.0 Å². The Morgan fingerprint density at radius 1 is 1.38 bits per heavy atom. The fraction of sp³-hybridized carbons (Fsp3) is 0.579. The third-order valence-electron chi connectivity index (χ3n) is 4.49. The Hall–Kier alpha value is -1.79. The van der Waals surface area contributed by atoms with E-state index >= 15 is 0 Å². The van der Waals surface area contributed by atoms with Crippen LogP contribution in [0.5, 0.6) is 5.75 Å². The van der Waals surface area contributed by atoms with E-state index in [0.29, 0.717) is 42.8 Å². The Bertz CT molecular complexity index is 577. The summed E-state index contributed by atoms with van der Waals surface area (Å²) in [6.07, 6.45) is 2.96. The number of hydrogen-bond acceptors (Lipinski definition) is 4. The van der Waals surface area contributed by atoms with Crippen molar-refractivity contribution in [2.24, 2.45) is 11.8 Å². The molecule has 2 atom stereocenters. The number of amides is 2. The molecule has 1 aromatic carbocycles. The van der Waals surface area contributed by atoms with Crippen LogP contribution in [0.3, 0.4) is 0 Å². The van der Waals surface area contributed by atoms with Crippen LogP contribution >= 0.6 is 12.4 Å². The fourth-order valence-electron chi connectivity index (χ4n) is 3.12. The van der Waals surface area contributed by atoms with Gasteiger partial charge >= 0.3 is 0 Å². The highest BCUT2D eigenvalue weighted by Crippen LogP contribution is 2.22. The molecule has 2 rings (SSSR count). The summed E-state index contributed by atoms with van der Waals surface area (Å²) in [4.78, 5) is 23.1. The molecular formula is C19H30ClN3O3. The molecule has 0 aromatic heterocycles. The highest BCUT2D eigenvalue weighted by molar-refractivity contribution is 5.88. The van der Waals surface area contributed by atoms with Crippen LogP contribution in [0.1, 0.15) is 33.1 Å². The Balaban J connectivity index is 0.00000338. The van der Waals surface area contributed by atoms with Gasteiger partial charge < -0.3 is 20.7 Å². The van der Waals surface area contributed by atoms with E-state index in [1.54, 1.807) is 12.1 Å². The van der Waals surface area contributed by atoms with Crippen molar-refractivity contribution in [2.45, 2.75) is 33.1 Å². The van der Waals surface area contributed by atoms with E-state index < -0.39 is 0 Å². The van der Waals surface area contributed by atoms with Gasteiger partial charge in [0.15, 0.2) is 0 Å². The van der Waals surface area contributed by atoms with Gasteiger partial charge in [0.25, 0.3) is 0 Å². The number of hydrogen-bond donors (Lipinski definition) is 3. The number of halogens is 1. The smallest absolute Gasteiger partial charge is 0.221 e. The lowest BCUT2D eigenvalue weighted by Gasteiger charge is -2.28. The summed E-state index contributed by atoms with van der Waals surface area (Å²) < 4.78 is 5.62. The molecule has 1 fully saturated rings. The van der Waals surface area contributed by atoms with Gasteiger partial charge in [0.2, 0.25) is 11.8 Å². The molecule has 1 aromatic rings. The average molecular weight is 384 g/mol. The summed E-state index contributed by atoms with van der Waals surface area (Å²) in [5.74, 6) is 1.61. The molecule has 26 heavy (non-hydrogen) atoms. The van der Waals surface area contributed by atoms with Crippen molar-refractivity contribution in [1.29, 1.82) is 0 Å². The number of carbonyl (C=O) groups is 2. The fourth-order valence-corrected chi connectivity index (χ4v) is 3.12. The second-order valence-corrected chi connectivity index (χ2v) is 6.70. The predicted octanol–water partition coefficient (Wildman–Crippen LogP) is 2.59. The van der Waals surface area contributed by atoms with E-state index in [0.717, 1.165) is 13.1 Å². The van der Waals surface area contributed by atoms with E-state index in [9.17, 15) is 9.59 Å². The standard InChI is InChI=1S/C19H29N3O3.ClH/c1-14(16-5-4-8-20-13-16)11-19(24)21-9-10-25-18-7-3-6-17(12-18)22-15(2)23;/h3,6-7,12,14,16,20H,4-5,8-11,13H2,1-2H3,(H,21,24)(H,22,23);1H. The highest BCUT2D eigenvalue weighted by Gasteiger charge is 2.21. The first-order valence-electron chi connectivity index (χ1n) is 9.02. The molecule has 0 bridgehead atoms. The van der Waals surface area contributed by atoms with Gasteiger partial charge in [0.05, 0.1) is 6.54 Å². The van der Waals surface area contributed by atoms with Crippen molar-refractivity contribution < 1.29 is 14.3 Å². The predicted molar refractivity (Wildman–Crippen MR) is 106 cm³/mol. The number of benzene rings is 1. The van der Waals surface area contributed by atoms with Crippen LogP contribution in [0.15, 0.2) is 24.3 Å². The first-order valence-corrected chi connectivity index (χ1v) is 9.02. The van der Waals surface area contributed by atoms with Crippen LogP contribution in [-0.2, 0) is 9.59 Å².